The monoisotopic (exact) mass is 415 g/mol. The summed E-state index contributed by atoms with van der Waals surface area (Å²) in [4.78, 5) is 24.9. The standard InChI is InChI=1S/C24H30FNO4/c1-5-10-26-20(29)24(30)14(2)11-18-17-7-6-15-12-16(27)8-9-21(15,3)23(17,25)19(28)13-22(18,24)4/h1,8-9,12,14,17-19,28,30H,6-7,10-11,13H2,2-4H3,(H,26,29)/t14-,17+,18+,19+,21+,22+,23+,24+/m1/s1. The van der Waals surface area contributed by atoms with Gasteiger partial charge in [0.05, 0.1) is 12.6 Å². The lowest BCUT2D eigenvalue weighted by Crippen LogP contribution is -2.70. The van der Waals surface area contributed by atoms with Crippen molar-refractivity contribution in [2.45, 2.75) is 63.8 Å². The lowest BCUT2D eigenvalue weighted by Gasteiger charge is -2.62. The van der Waals surface area contributed by atoms with Gasteiger partial charge in [-0.3, -0.25) is 9.59 Å². The highest BCUT2D eigenvalue weighted by Gasteiger charge is 2.75. The van der Waals surface area contributed by atoms with Crippen LogP contribution >= 0.6 is 0 Å². The second kappa shape index (κ2) is 6.51. The first-order valence-electron chi connectivity index (χ1n) is 10.7. The van der Waals surface area contributed by atoms with E-state index in [0.717, 1.165) is 0 Å². The number of alkyl halides is 1. The topological polar surface area (TPSA) is 86.6 Å². The Hall–Kier alpha value is -1.97. The third-order valence-corrected chi connectivity index (χ3v) is 8.92. The fourth-order valence-electron chi connectivity index (χ4n) is 7.30. The van der Waals surface area contributed by atoms with Crippen LogP contribution in [0, 0.1) is 40.9 Å². The average Bonchev–Trinajstić information content (AvgIpc) is 2.89. The lowest BCUT2D eigenvalue weighted by molar-refractivity contribution is -0.219. The van der Waals surface area contributed by atoms with Crippen LogP contribution in [0.15, 0.2) is 23.8 Å². The molecular formula is C24H30FNO4. The van der Waals surface area contributed by atoms with E-state index in [1.54, 1.807) is 26.8 Å². The number of carbonyl (C=O) groups excluding carboxylic acids is 2. The summed E-state index contributed by atoms with van der Waals surface area (Å²) >= 11 is 0. The van der Waals surface area contributed by atoms with E-state index in [2.05, 4.69) is 11.2 Å². The molecule has 0 unspecified atom stereocenters. The number of aliphatic hydroxyl groups is 2. The van der Waals surface area contributed by atoms with Gasteiger partial charge in [-0.1, -0.05) is 31.4 Å². The Kier molecular flexibility index (Phi) is 4.62. The molecule has 0 spiro atoms. The summed E-state index contributed by atoms with van der Waals surface area (Å²) in [6, 6.07) is 0. The molecule has 0 bridgehead atoms. The zero-order valence-corrected chi connectivity index (χ0v) is 17.7. The fourth-order valence-corrected chi connectivity index (χ4v) is 7.30. The number of nitrogens with one attached hydrogen (secondary N) is 1. The highest BCUT2D eigenvalue weighted by Crippen LogP contribution is 2.70. The number of allylic oxidation sites excluding steroid dienone is 4. The van der Waals surface area contributed by atoms with Crippen molar-refractivity contribution in [3.8, 4) is 12.3 Å². The molecule has 3 fully saturated rings. The van der Waals surface area contributed by atoms with E-state index in [1.165, 1.54) is 12.2 Å². The average molecular weight is 416 g/mol. The molecule has 6 heteroatoms. The molecule has 1 amide bonds. The minimum absolute atomic E-state index is 0.00130. The van der Waals surface area contributed by atoms with Crippen molar-refractivity contribution in [3.63, 3.8) is 0 Å². The van der Waals surface area contributed by atoms with Gasteiger partial charge >= 0.3 is 0 Å². The van der Waals surface area contributed by atoms with E-state index in [9.17, 15) is 19.8 Å². The fraction of sp³-hybridized carbons (Fsp3) is 0.667. The van der Waals surface area contributed by atoms with Gasteiger partial charge in [0.25, 0.3) is 5.91 Å². The number of hydrogen-bond donors (Lipinski definition) is 3. The summed E-state index contributed by atoms with van der Waals surface area (Å²) in [6.07, 6.45) is 9.82. The number of amides is 1. The summed E-state index contributed by atoms with van der Waals surface area (Å²) in [7, 11) is 0. The maximum Gasteiger partial charge on any atom is 0.253 e. The maximum atomic E-state index is 17.0. The second-order valence-electron chi connectivity index (χ2n) is 10.1. The molecule has 3 saturated carbocycles. The van der Waals surface area contributed by atoms with Gasteiger partial charge < -0.3 is 15.5 Å². The quantitative estimate of drug-likeness (QED) is 0.603. The maximum absolute atomic E-state index is 17.0. The molecule has 4 aliphatic rings. The second-order valence-corrected chi connectivity index (χ2v) is 10.1. The highest BCUT2D eigenvalue weighted by atomic mass is 19.1. The van der Waals surface area contributed by atoms with Gasteiger partial charge in [-0.25, -0.2) is 4.39 Å². The number of terminal acetylenes is 1. The number of rotatable bonds is 2. The smallest absolute Gasteiger partial charge is 0.253 e. The molecule has 0 aromatic carbocycles. The minimum atomic E-state index is -1.97. The van der Waals surface area contributed by atoms with Crippen LogP contribution < -0.4 is 5.32 Å². The Morgan fingerprint density at radius 2 is 2.10 bits per heavy atom. The molecule has 0 aliphatic heterocycles. The zero-order valence-electron chi connectivity index (χ0n) is 17.7. The highest BCUT2D eigenvalue weighted by molar-refractivity contribution is 6.01. The summed E-state index contributed by atoms with van der Waals surface area (Å²) in [5.41, 5.74) is -5.08. The van der Waals surface area contributed by atoms with E-state index in [-0.39, 0.29) is 24.7 Å². The third-order valence-electron chi connectivity index (χ3n) is 8.92. The molecule has 0 radical (unpaired) electrons. The van der Waals surface area contributed by atoms with Gasteiger partial charge in [0.2, 0.25) is 0 Å². The van der Waals surface area contributed by atoms with Crippen LogP contribution in [0.2, 0.25) is 0 Å². The SMILES string of the molecule is C#CCNC(=O)[C@@]1(O)[C@H](C)C[C@H]2[C@@H]3CCC4=CC(=O)C=C[C@]4(C)[C@@]3(F)[C@@H](O)C[C@@]21C. The van der Waals surface area contributed by atoms with Crippen molar-refractivity contribution in [1.82, 2.24) is 5.32 Å². The number of aliphatic hydroxyl groups excluding tert-OH is 1. The number of hydrogen-bond acceptors (Lipinski definition) is 4. The van der Waals surface area contributed by atoms with Crippen LogP contribution in [0.3, 0.4) is 0 Å². The van der Waals surface area contributed by atoms with Crippen LogP contribution in [-0.4, -0.2) is 45.8 Å². The Labute approximate surface area is 176 Å². The molecule has 8 atom stereocenters. The van der Waals surface area contributed by atoms with Crippen molar-refractivity contribution < 1.29 is 24.2 Å². The first kappa shape index (κ1) is 21.3. The van der Waals surface area contributed by atoms with Crippen LogP contribution in [0.5, 0.6) is 0 Å². The van der Waals surface area contributed by atoms with Gasteiger partial charge in [0, 0.05) is 16.7 Å². The molecule has 0 aromatic heterocycles. The van der Waals surface area contributed by atoms with Gasteiger partial charge in [0.1, 0.15) is 0 Å². The molecule has 30 heavy (non-hydrogen) atoms. The Morgan fingerprint density at radius 1 is 1.40 bits per heavy atom. The van der Waals surface area contributed by atoms with Crippen molar-refractivity contribution >= 4 is 11.7 Å². The third kappa shape index (κ3) is 2.31. The molecule has 0 aromatic rings. The van der Waals surface area contributed by atoms with Gasteiger partial charge in [0.15, 0.2) is 17.1 Å². The predicted octanol–water partition coefficient (Wildman–Crippen LogP) is 2.08. The van der Waals surface area contributed by atoms with Crippen LogP contribution in [0.1, 0.15) is 46.5 Å². The van der Waals surface area contributed by atoms with Crippen molar-refractivity contribution in [2.75, 3.05) is 6.54 Å². The Morgan fingerprint density at radius 3 is 2.77 bits per heavy atom. The molecule has 162 valence electrons. The van der Waals surface area contributed by atoms with E-state index in [4.69, 9.17) is 6.42 Å². The van der Waals surface area contributed by atoms with Gasteiger partial charge in [-0.05, 0) is 56.6 Å². The van der Waals surface area contributed by atoms with E-state index in [1.807, 2.05) is 0 Å². The van der Waals surface area contributed by atoms with E-state index in [0.29, 0.717) is 24.8 Å². The summed E-state index contributed by atoms with van der Waals surface area (Å²) in [6.45, 7) is 5.36. The van der Waals surface area contributed by atoms with Crippen molar-refractivity contribution in [1.29, 1.82) is 0 Å². The normalized spacial score (nSPS) is 49.4. The van der Waals surface area contributed by atoms with Crippen LogP contribution in [0.25, 0.3) is 0 Å². The van der Waals surface area contributed by atoms with E-state index < -0.39 is 45.9 Å². The summed E-state index contributed by atoms with van der Waals surface area (Å²) in [5.74, 6) is 0.399. The number of fused-ring (bicyclic) bond motifs is 5. The molecular weight excluding hydrogens is 385 g/mol. The van der Waals surface area contributed by atoms with Crippen molar-refractivity contribution in [2.24, 2.45) is 28.6 Å². The molecule has 4 aliphatic carbocycles. The van der Waals surface area contributed by atoms with E-state index >= 15 is 4.39 Å². The first-order chi connectivity index (χ1) is 14.0. The molecule has 5 nitrogen and oxygen atoms in total. The molecule has 4 rings (SSSR count). The zero-order chi connectivity index (χ0) is 22.1. The largest absolute Gasteiger partial charge is 0.390 e. The lowest BCUT2D eigenvalue weighted by atomic mass is 9.44. The molecule has 3 N–H and O–H groups in total. The first-order valence-corrected chi connectivity index (χ1v) is 10.7. The number of halogens is 1. The Bertz CT molecular complexity index is 905. The minimum Gasteiger partial charge on any atom is -0.390 e. The molecule has 0 saturated heterocycles. The van der Waals surface area contributed by atoms with Gasteiger partial charge in [-0.15, -0.1) is 6.42 Å². The summed E-state index contributed by atoms with van der Waals surface area (Å²) < 4.78 is 17.0. The molecule has 0 heterocycles. The van der Waals surface area contributed by atoms with Crippen LogP contribution in [0.4, 0.5) is 4.39 Å². The van der Waals surface area contributed by atoms with Gasteiger partial charge in [-0.2, -0.15) is 0 Å². The summed E-state index contributed by atoms with van der Waals surface area (Å²) in [5, 5.41) is 25.5. The predicted molar refractivity (Wildman–Crippen MR) is 110 cm³/mol. The number of ketones is 1. The Balaban J connectivity index is 1.79. The van der Waals surface area contributed by atoms with Crippen LogP contribution in [-0.2, 0) is 9.59 Å². The number of carbonyl (C=O) groups is 2. The van der Waals surface area contributed by atoms with Crippen molar-refractivity contribution in [3.05, 3.63) is 23.8 Å².